The van der Waals surface area contributed by atoms with Gasteiger partial charge in [-0.15, -0.1) is 0 Å². The van der Waals surface area contributed by atoms with Crippen molar-refractivity contribution in [3.8, 4) is 5.88 Å². The monoisotopic (exact) mass is 155 g/mol. The average Bonchev–Trinajstić information content (AvgIpc) is 2.04. The van der Waals surface area contributed by atoms with Crippen LogP contribution in [0.3, 0.4) is 0 Å². The molecular weight excluding hydrogens is 145 g/mol. The van der Waals surface area contributed by atoms with Crippen molar-refractivity contribution in [3.05, 3.63) is 23.6 Å². The predicted molar refractivity (Wildman–Crippen MR) is 40.1 cm³/mol. The summed E-state index contributed by atoms with van der Waals surface area (Å²) in [7, 11) is 1.53. The number of ether oxygens (including phenoxy) is 1. The van der Waals surface area contributed by atoms with Crippen molar-refractivity contribution in [1.82, 2.24) is 4.98 Å². The van der Waals surface area contributed by atoms with E-state index in [0.717, 1.165) is 18.2 Å². The summed E-state index contributed by atoms with van der Waals surface area (Å²) in [6.07, 6.45) is 1.88. The molecule has 3 heteroatoms. The zero-order valence-corrected chi connectivity index (χ0v) is 6.60. The van der Waals surface area contributed by atoms with Gasteiger partial charge in [0.1, 0.15) is 5.82 Å². The Bertz CT molecular complexity index is 250. The lowest BCUT2D eigenvalue weighted by Crippen LogP contribution is -1.94. The van der Waals surface area contributed by atoms with Crippen LogP contribution in [0.4, 0.5) is 4.39 Å². The van der Waals surface area contributed by atoms with Gasteiger partial charge in [-0.1, -0.05) is 6.92 Å². The topological polar surface area (TPSA) is 22.1 Å². The van der Waals surface area contributed by atoms with Crippen LogP contribution in [0.5, 0.6) is 5.88 Å². The molecule has 0 atom stereocenters. The van der Waals surface area contributed by atoms with Gasteiger partial charge in [0.2, 0.25) is 5.88 Å². The number of halogens is 1. The van der Waals surface area contributed by atoms with Gasteiger partial charge in [0, 0.05) is 5.56 Å². The van der Waals surface area contributed by atoms with Crippen LogP contribution in [0.1, 0.15) is 12.5 Å². The van der Waals surface area contributed by atoms with E-state index in [1.165, 1.54) is 13.2 Å². The van der Waals surface area contributed by atoms with E-state index in [1.54, 1.807) is 0 Å². The van der Waals surface area contributed by atoms with Crippen molar-refractivity contribution >= 4 is 0 Å². The van der Waals surface area contributed by atoms with Gasteiger partial charge in [0.05, 0.1) is 13.3 Å². The first kappa shape index (κ1) is 7.98. The first-order valence-electron chi connectivity index (χ1n) is 3.46. The van der Waals surface area contributed by atoms with Crippen LogP contribution in [0.15, 0.2) is 12.3 Å². The second-order valence-electron chi connectivity index (χ2n) is 2.18. The molecule has 0 aliphatic carbocycles. The Morgan fingerprint density at radius 3 is 2.91 bits per heavy atom. The first-order chi connectivity index (χ1) is 5.27. The fraction of sp³-hybridized carbons (Fsp3) is 0.375. The number of methoxy groups -OCH3 is 1. The van der Waals surface area contributed by atoms with E-state index in [2.05, 4.69) is 4.98 Å². The molecule has 0 spiro atoms. The van der Waals surface area contributed by atoms with Crippen LogP contribution < -0.4 is 4.74 Å². The van der Waals surface area contributed by atoms with Crippen molar-refractivity contribution < 1.29 is 9.13 Å². The van der Waals surface area contributed by atoms with Crippen LogP contribution in [-0.4, -0.2) is 12.1 Å². The maximum atomic E-state index is 12.6. The molecule has 11 heavy (non-hydrogen) atoms. The molecule has 0 amide bonds. The summed E-state index contributed by atoms with van der Waals surface area (Å²) in [6, 6.07) is 1.44. The highest BCUT2D eigenvalue weighted by molar-refractivity contribution is 5.25. The third-order valence-corrected chi connectivity index (χ3v) is 1.47. The number of aryl methyl sites for hydroxylation is 1. The van der Waals surface area contributed by atoms with Crippen LogP contribution in [0.2, 0.25) is 0 Å². The third kappa shape index (κ3) is 1.67. The summed E-state index contributed by atoms with van der Waals surface area (Å²) < 4.78 is 17.5. The van der Waals surface area contributed by atoms with Gasteiger partial charge in [0.25, 0.3) is 0 Å². The lowest BCUT2D eigenvalue weighted by Gasteiger charge is -2.03. The maximum absolute atomic E-state index is 12.6. The fourth-order valence-corrected chi connectivity index (χ4v) is 0.906. The largest absolute Gasteiger partial charge is 0.481 e. The SMILES string of the molecule is CCc1cc(F)cnc1OC. The maximum Gasteiger partial charge on any atom is 0.216 e. The van der Waals surface area contributed by atoms with Crippen molar-refractivity contribution in [2.45, 2.75) is 13.3 Å². The summed E-state index contributed by atoms with van der Waals surface area (Å²) in [5, 5.41) is 0. The van der Waals surface area contributed by atoms with Gasteiger partial charge in [-0.05, 0) is 12.5 Å². The standard InChI is InChI=1S/C8H10FNO/c1-3-6-4-7(9)5-10-8(6)11-2/h4-5H,3H2,1-2H3. The Labute approximate surface area is 65.0 Å². The molecule has 1 heterocycles. The molecule has 0 N–H and O–H groups in total. The van der Waals surface area contributed by atoms with Gasteiger partial charge in [0.15, 0.2) is 0 Å². The van der Waals surface area contributed by atoms with Crippen molar-refractivity contribution in [2.75, 3.05) is 7.11 Å². The molecule has 0 saturated heterocycles. The highest BCUT2D eigenvalue weighted by atomic mass is 19.1. The van der Waals surface area contributed by atoms with Crippen LogP contribution in [0, 0.1) is 5.82 Å². The summed E-state index contributed by atoms with van der Waals surface area (Å²) in [4.78, 5) is 3.77. The van der Waals surface area contributed by atoms with E-state index in [0.29, 0.717) is 5.88 Å². The zero-order chi connectivity index (χ0) is 8.27. The Morgan fingerprint density at radius 1 is 1.64 bits per heavy atom. The second-order valence-corrected chi connectivity index (χ2v) is 2.18. The molecule has 1 aromatic heterocycles. The smallest absolute Gasteiger partial charge is 0.216 e. The van der Waals surface area contributed by atoms with Crippen LogP contribution in [0.25, 0.3) is 0 Å². The summed E-state index contributed by atoms with van der Waals surface area (Å²) in [6.45, 7) is 1.93. The second kappa shape index (κ2) is 3.32. The summed E-state index contributed by atoms with van der Waals surface area (Å²) in [5.41, 5.74) is 0.799. The Kier molecular flexibility index (Phi) is 2.41. The van der Waals surface area contributed by atoms with E-state index in [4.69, 9.17) is 4.74 Å². The molecule has 0 aliphatic heterocycles. The molecule has 0 radical (unpaired) electrons. The molecule has 0 unspecified atom stereocenters. The molecule has 0 aliphatic rings. The quantitative estimate of drug-likeness (QED) is 0.649. The van der Waals surface area contributed by atoms with E-state index < -0.39 is 0 Å². The van der Waals surface area contributed by atoms with Crippen molar-refractivity contribution in [3.63, 3.8) is 0 Å². The van der Waals surface area contributed by atoms with Gasteiger partial charge in [-0.2, -0.15) is 0 Å². The summed E-state index contributed by atoms with van der Waals surface area (Å²) in [5.74, 6) is 0.191. The number of hydrogen-bond donors (Lipinski definition) is 0. The highest BCUT2D eigenvalue weighted by Crippen LogP contribution is 2.15. The minimum Gasteiger partial charge on any atom is -0.481 e. The molecule has 60 valence electrons. The van der Waals surface area contributed by atoms with Gasteiger partial charge >= 0.3 is 0 Å². The van der Waals surface area contributed by atoms with Gasteiger partial charge in [-0.25, -0.2) is 9.37 Å². The third-order valence-electron chi connectivity index (χ3n) is 1.47. The van der Waals surface area contributed by atoms with Gasteiger partial charge in [-0.3, -0.25) is 0 Å². The number of hydrogen-bond acceptors (Lipinski definition) is 2. The lowest BCUT2D eigenvalue weighted by molar-refractivity contribution is 0.390. The molecular formula is C8H10FNO. The molecule has 2 nitrogen and oxygen atoms in total. The molecule has 0 saturated carbocycles. The zero-order valence-electron chi connectivity index (χ0n) is 6.60. The lowest BCUT2D eigenvalue weighted by atomic mass is 10.2. The minimum atomic E-state index is -0.317. The number of rotatable bonds is 2. The predicted octanol–water partition coefficient (Wildman–Crippen LogP) is 1.79. The highest BCUT2D eigenvalue weighted by Gasteiger charge is 2.02. The fourth-order valence-electron chi connectivity index (χ4n) is 0.906. The molecule has 1 aromatic rings. The Hall–Kier alpha value is -1.12. The van der Waals surface area contributed by atoms with Crippen molar-refractivity contribution in [1.29, 1.82) is 0 Å². The van der Waals surface area contributed by atoms with E-state index in [9.17, 15) is 4.39 Å². The van der Waals surface area contributed by atoms with E-state index in [1.807, 2.05) is 6.92 Å². The molecule has 0 aromatic carbocycles. The van der Waals surface area contributed by atoms with Crippen molar-refractivity contribution in [2.24, 2.45) is 0 Å². The number of pyridine rings is 1. The molecule has 1 rings (SSSR count). The van der Waals surface area contributed by atoms with E-state index in [-0.39, 0.29) is 5.82 Å². The number of aromatic nitrogens is 1. The Balaban J connectivity index is 3.06. The van der Waals surface area contributed by atoms with Crippen LogP contribution >= 0.6 is 0 Å². The van der Waals surface area contributed by atoms with Gasteiger partial charge < -0.3 is 4.74 Å². The molecule has 0 fully saturated rings. The Morgan fingerprint density at radius 2 is 2.36 bits per heavy atom. The summed E-state index contributed by atoms with van der Waals surface area (Å²) >= 11 is 0. The first-order valence-corrected chi connectivity index (χ1v) is 3.46. The normalized spacial score (nSPS) is 9.73. The van der Waals surface area contributed by atoms with E-state index >= 15 is 0 Å². The minimum absolute atomic E-state index is 0.317. The molecule has 0 bridgehead atoms. The average molecular weight is 155 g/mol. The number of nitrogens with zero attached hydrogens (tertiary/aromatic N) is 1. The van der Waals surface area contributed by atoms with Crippen LogP contribution in [-0.2, 0) is 6.42 Å².